The third-order valence-electron chi connectivity index (χ3n) is 3.43. The molecule has 1 aromatic heterocycles. The first kappa shape index (κ1) is 17.2. The molecule has 5 nitrogen and oxygen atoms in total. The number of amides is 1. The van der Waals surface area contributed by atoms with Crippen LogP contribution in [0.2, 0.25) is 10.0 Å². The molecule has 0 atom stereocenters. The Labute approximate surface area is 155 Å². The normalized spacial score (nSPS) is 10.4. The fourth-order valence-electron chi connectivity index (χ4n) is 2.14. The number of benzene rings is 2. The Morgan fingerprint density at radius 2 is 1.80 bits per heavy atom. The molecule has 2 N–H and O–H groups in total. The summed E-state index contributed by atoms with van der Waals surface area (Å²) in [6.07, 6.45) is 2.90. The highest BCUT2D eigenvalue weighted by molar-refractivity contribution is 6.31. The number of carbonyl (C=O) groups excluding carboxylic acids is 1. The van der Waals surface area contributed by atoms with Crippen LogP contribution in [0.3, 0.4) is 0 Å². The number of hydrogen-bond acceptors (Lipinski definition) is 4. The Bertz CT molecular complexity index is 913. The molecule has 0 fully saturated rings. The van der Waals surface area contributed by atoms with Crippen LogP contribution in [-0.2, 0) is 0 Å². The molecular weight excluding hydrogens is 359 g/mol. The molecule has 2 aromatic carbocycles. The SMILES string of the molecule is Cc1ccc(Cl)cc1Nc1cnc(C(=O)Nc2cccc(Cl)c2)cn1. The predicted molar refractivity (Wildman–Crippen MR) is 101 cm³/mol. The Kier molecular flexibility index (Phi) is 5.16. The Morgan fingerprint density at radius 1 is 1.00 bits per heavy atom. The van der Waals surface area contributed by atoms with Crippen LogP contribution in [0.4, 0.5) is 17.2 Å². The van der Waals surface area contributed by atoms with E-state index in [0.29, 0.717) is 21.6 Å². The summed E-state index contributed by atoms with van der Waals surface area (Å²) in [7, 11) is 0. The zero-order valence-corrected chi connectivity index (χ0v) is 14.8. The number of hydrogen-bond donors (Lipinski definition) is 2. The van der Waals surface area contributed by atoms with Crippen molar-refractivity contribution in [1.29, 1.82) is 0 Å². The second kappa shape index (κ2) is 7.51. The van der Waals surface area contributed by atoms with E-state index >= 15 is 0 Å². The smallest absolute Gasteiger partial charge is 0.275 e. The number of rotatable bonds is 4. The third kappa shape index (κ3) is 4.47. The molecule has 25 heavy (non-hydrogen) atoms. The largest absolute Gasteiger partial charge is 0.339 e. The maximum atomic E-state index is 12.2. The van der Waals surface area contributed by atoms with E-state index in [2.05, 4.69) is 20.6 Å². The van der Waals surface area contributed by atoms with Crippen LogP contribution in [0, 0.1) is 6.92 Å². The summed E-state index contributed by atoms with van der Waals surface area (Å²) >= 11 is 11.9. The van der Waals surface area contributed by atoms with Crippen LogP contribution < -0.4 is 10.6 Å². The molecule has 0 saturated carbocycles. The van der Waals surface area contributed by atoms with Gasteiger partial charge in [-0.3, -0.25) is 4.79 Å². The van der Waals surface area contributed by atoms with E-state index in [1.807, 2.05) is 19.1 Å². The monoisotopic (exact) mass is 372 g/mol. The van der Waals surface area contributed by atoms with Gasteiger partial charge in [0.1, 0.15) is 11.5 Å². The van der Waals surface area contributed by atoms with Crippen molar-refractivity contribution in [3.05, 3.63) is 76.2 Å². The number of aryl methyl sites for hydroxylation is 1. The summed E-state index contributed by atoms with van der Waals surface area (Å²) in [5, 5.41) is 7.02. The average molecular weight is 373 g/mol. The number of aromatic nitrogens is 2. The van der Waals surface area contributed by atoms with Gasteiger partial charge in [0.25, 0.3) is 5.91 Å². The van der Waals surface area contributed by atoms with Gasteiger partial charge in [-0.15, -0.1) is 0 Å². The number of halogens is 2. The lowest BCUT2D eigenvalue weighted by Crippen LogP contribution is -2.14. The summed E-state index contributed by atoms with van der Waals surface area (Å²) in [4.78, 5) is 20.6. The van der Waals surface area contributed by atoms with Crippen molar-refractivity contribution in [3.63, 3.8) is 0 Å². The molecule has 0 aliphatic heterocycles. The zero-order chi connectivity index (χ0) is 17.8. The molecule has 1 heterocycles. The molecule has 0 unspecified atom stereocenters. The van der Waals surface area contributed by atoms with Crippen molar-refractivity contribution in [2.75, 3.05) is 10.6 Å². The average Bonchev–Trinajstić information content (AvgIpc) is 2.59. The Balaban J connectivity index is 1.71. The molecule has 0 spiro atoms. The van der Waals surface area contributed by atoms with Crippen LogP contribution in [0.15, 0.2) is 54.9 Å². The van der Waals surface area contributed by atoms with Gasteiger partial charge in [0.2, 0.25) is 0 Å². The Morgan fingerprint density at radius 3 is 2.52 bits per heavy atom. The van der Waals surface area contributed by atoms with Crippen molar-refractivity contribution in [2.24, 2.45) is 0 Å². The van der Waals surface area contributed by atoms with E-state index in [4.69, 9.17) is 23.2 Å². The molecule has 0 radical (unpaired) electrons. The summed E-state index contributed by atoms with van der Waals surface area (Å²) in [5.74, 6) is 0.157. The first-order valence-electron chi connectivity index (χ1n) is 7.43. The lowest BCUT2D eigenvalue weighted by Gasteiger charge is -2.09. The summed E-state index contributed by atoms with van der Waals surface area (Å²) < 4.78 is 0. The topological polar surface area (TPSA) is 66.9 Å². The maximum Gasteiger partial charge on any atom is 0.275 e. The van der Waals surface area contributed by atoms with Crippen LogP contribution >= 0.6 is 23.2 Å². The van der Waals surface area contributed by atoms with Gasteiger partial charge in [0, 0.05) is 21.4 Å². The molecule has 0 saturated heterocycles. The van der Waals surface area contributed by atoms with E-state index < -0.39 is 0 Å². The first-order valence-corrected chi connectivity index (χ1v) is 8.19. The van der Waals surface area contributed by atoms with Gasteiger partial charge >= 0.3 is 0 Å². The second-order valence-corrected chi connectivity index (χ2v) is 6.21. The highest BCUT2D eigenvalue weighted by atomic mass is 35.5. The molecule has 126 valence electrons. The summed E-state index contributed by atoms with van der Waals surface area (Å²) in [5.41, 5.74) is 2.65. The molecule has 7 heteroatoms. The minimum atomic E-state index is -0.361. The van der Waals surface area contributed by atoms with Gasteiger partial charge in [0.05, 0.1) is 12.4 Å². The second-order valence-electron chi connectivity index (χ2n) is 5.34. The van der Waals surface area contributed by atoms with E-state index in [1.54, 1.807) is 30.3 Å². The zero-order valence-electron chi connectivity index (χ0n) is 13.3. The van der Waals surface area contributed by atoms with E-state index in [1.165, 1.54) is 12.4 Å². The van der Waals surface area contributed by atoms with Crippen molar-refractivity contribution in [3.8, 4) is 0 Å². The van der Waals surface area contributed by atoms with Crippen LogP contribution in [0.1, 0.15) is 16.1 Å². The van der Waals surface area contributed by atoms with E-state index in [9.17, 15) is 4.79 Å². The fraction of sp³-hybridized carbons (Fsp3) is 0.0556. The van der Waals surface area contributed by atoms with E-state index in [-0.39, 0.29) is 11.6 Å². The van der Waals surface area contributed by atoms with Gasteiger partial charge in [-0.1, -0.05) is 35.3 Å². The lowest BCUT2D eigenvalue weighted by atomic mass is 10.2. The van der Waals surface area contributed by atoms with Gasteiger partial charge in [-0.25, -0.2) is 9.97 Å². The summed E-state index contributed by atoms with van der Waals surface area (Å²) in [6, 6.07) is 12.4. The van der Waals surface area contributed by atoms with Gasteiger partial charge < -0.3 is 10.6 Å². The number of carbonyl (C=O) groups is 1. The highest BCUT2D eigenvalue weighted by Gasteiger charge is 2.09. The van der Waals surface area contributed by atoms with Gasteiger partial charge in [-0.05, 0) is 42.8 Å². The minimum absolute atomic E-state index is 0.202. The van der Waals surface area contributed by atoms with E-state index in [0.717, 1.165) is 11.3 Å². The molecule has 0 bridgehead atoms. The third-order valence-corrected chi connectivity index (χ3v) is 3.90. The Hall–Kier alpha value is -2.63. The standard InChI is InChI=1S/C18H14Cl2N4O/c1-11-5-6-13(20)8-15(11)24-17-10-21-16(9-22-17)18(25)23-14-4-2-3-12(19)7-14/h2-10H,1H3,(H,22,24)(H,23,25). The summed E-state index contributed by atoms with van der Waals surface area (Å²) in [6.45, 7) is 1.96. The molecule has 0 aliphatic rings. The first-order chi connectivity index (χ1) is 12.0. The van der Waals surface area contributed by atoms with Gasteiger partial charge in [0.15, 0.2) is 0 Å². The molecule has 3 rings (SSSR count). The molecule has 1 amide bonds. The van der Waals surface area contributed by atoms with Crippen LogP contribution in [-0.4, -0.2) is 15.9 Å². The highest BCUT2D eigenvalue weighted by Crippen LogP contribution is 2.23. The number of nitrogens with zero attached hydrogens (tertiary/aromatic N) is 2. The van der Waals surface area contributed by atoms with Crippen molar-refractivity contribution in [1.82, 2.24) is 9.97 Å². The van der Waals surface area contributed by atoms with Crippen molar-refractivity contribution >= 4 is 46.3 Å². The fourth-order valence-corrected chi connectivity index (χ4v) is 2.50. The van der Waals surface area contributed by atoms with Gasteiger partial charge in [-0.2, -0.15) is 0 Å². The minimum Gasteiger partial charge on any atom is -0.339 e. The predicted octanol–water partition coefficient (Wildman–Crippen LogP) is 5.09. The number of nitrogens with one attached hydrogen (secondary N) is 2. The maximum absolute atomic E-state index is 12.2. The van der Waals surface area contributed by atoms with Crippen molar-refractivity contribution < 1.29 is 4.79 Å². The number of anilines is 3. The molecule has 0 aliphatic carbocycles. The van der Waals surface area contributed by atoms with Crippen LogP contribution in [0.5, 0.6) is 0 Å². The quantitative estimate of drug-likeness (QED) is 0.669. The van der Waals surface area contributed by atoms with Crippen molar-refractivity contribution in [2.45, 2.75) is 6.92 Å². The molecular formula is C18H14Cl2N4O. The van der Waals surface area contributed by atoms with Crippen LogP contribution in [0.25, 0.3) is 0 Å². The molecule has 3 aromatic rings. The lowest BCUT2D eigenvalue weighted by molar-refractivity contribution is 0.102.